The minimum Gasteiger partial charge on any atom is -0.332 e. The maximum Gasteiger partial charge on any atom is 0.446 e. The molecule has 0 saturated heterocycles. The molecule has 0 saturated carbocycles. The smallest absolute Gasteiger partial charge is 0.332 e. The van der Waals surface area contributed by atoms with Crippen molar-refractivity contribution in [1.29, 1.82) is 21.0 Å². The van der Waals surface area contributed by atoms with Crippen molar-refractivity contribution in [3.63, 3.8) is 0 Å². The van der Waals surface area contributed by atoms with Gasteiger partial charge in [0.15, 0.2) is 0 Å². The molecule has 4 heterocycles. The zero-order valence-electron chi connectivity index (χ0n) is 67.4. The van der Waals surface area contributed by atoms with Gasteiger partial charge in [0.05, 0.1) is 102 Å². The lowest BCUT2D eigenvalue weighted by Crippen LogP contribution is -2.48. The lowest BCUT2D eigenvalue weighted by atomic mass is 10.0. The van der Waals surface area contributed by atoms with E-state index in [-0.39, 0.29) is 198 Å². The Labute approximate surface area is 798 Å². The molecule has 0 bridgehead atoms. The van der Waals surface area contributed by atoms with Gasteiger partial charge in [-0.15, -0.1) is 0 Å². The molecule has 134 heavy (non-hydrogen) atoms. The number of nitrogens with zero attached hydrogens (tertiary/aromatic N) is 12. The fourth-order valence-electron chi connectivity index (χ4n) is 12.2. The van der Waals surface area contributed by atoms with Crippen LogP contribution in [-0.4, -0.2) is 107 Å². The number of aromatic nitrogens is 8. The van der Waals surface area contributed by atoms with Crippen LogP contribution in [-0.2, 0) is 38.5 Å². The van der Waals surface area contributed by atoms with Crippen molar-refractivity contribution in [3.05, 3.63) is 231 Å². The van der Waals surface area contributed by atoms with Gasteiger partial charge >= 0.3 is 28.9 Å². The van der Waals surface area contributed by atoms with Crippen LogP contribution in [0.3, 0.4) is 0 Å². The molecule has 0 aliphatic rings. The number of alkyl halides is 21. The number of fused-ring (bicyclic) bond motifs is 4. The molecule has 0 radical (unpaired) electrons. The van der Waals surface area contributed by atoms with Crippen LogP contribution in [0.5, 0.6) is 0 Å². The van der Waals surface area contributed by atoms with E-state index < -0.39 is 104 Å². The number of hydrogen-bond donors (Lipinski definition) is 4. The Morgan fingerprint density at radius 1 is 0.336 bits per heavy atom. The molecule has 12 rings (SSSR count). The lowest BCUT2D eigenvalue weighted by Gasteiger charge is -2.23. The molecule has 4 aromatic heterocycles. The highest BCUT2D eigenvalue weighted by atomic mass is 35.5. The third kappa shape index (κ3) is 28.5. The summed E-state index contributed by atoms with van der Waals surface area (Å²) in [7, 11) is 0. The molecule has 8 aromatic carbocycles. The quantitative estimate of drug-likeness (QED) is 0.0342. The Morgan fingerprint density at radius 2 is 0.537 bits per heavy atom. The fourth-order valence-corrected chi connectivity index (χ4v) is 16.0. The second kappa shape index (κ2) is 42.1. The highest BCUT2D eigenvalue weighted by molar-refractivity contribution is 8.01. The molecule has 0 aliphatic heterocycles. The van der Waals surface area contributed by atoms with Gasteiger partial charge in [0, 0.05) is 106 Å². The number of thioether (sulfide) groups is 4. The van der Waals surface area contributed by atoms with E-state index in [1.807, 2.05) is 24.3 Å². The zero-order chi connectivity index (χ0) is 100. The van der Waals surface area contributed by atoms with Crippen molar-refractivity contribution in [2.45, 2.75) is 150 Å². The van der Waals surface area contributed by atoms with Crippen molar-refractivity contribution < 1.29 is 111 Å². The molecule has 4 atom stereocenters. The first kappa shape index (κ1) is 107. The van der Waals surface area contributed by atoms with Gasteiger partial charge in [-0.3, -0.25) is 37.9 Å². The van der Waals surface area contributed by atoms with Crippen LogP contribution in [0.15, 0.2) is 166 Å². The van der Waals surface area contributed by atoms with Gasteiger partial charge in [0.25, 0.3) is 41.7 Å². The van der Waals surface area contributed by atoms with E-state index in [1.165, 1.54) is 98.0 Å². The van der Waals surface area contributed by atoms with Gasteiger partial charge in [-0.25, -0.2) is 17.6 Å². The molecular formula is C81H53Cl8F21N16O4S4. The summed E-state index contributed by atoms with van der Waals surface area (Å²) in [5.41, 5.74) is -22.9. The maximum absolute atomic E-state index is 13.4. The topological polar surface area (TPSA) is 283 Å². The molecule has 20 nitrogen and oxygen atoms in total. The highest BCUT2D eigenvalue weighted by Crippen LogP contribution is 2.47. The molecule has 53 heteroatoms. The summed E-state index contributed by atoms with van der Waals surface area (Å²) < 4.78 is 277. The van der Waals surface area contributed by atoms with Crippen LogP contribution >= 0.6 is 140 Å². The molecule has 4 N–H and O–H groups in total. The number of carbonyl (C=O) groups is 4. The maximum atomic E-state index is 13.4. The number of nitrogens with one attached hydrogen (secondary N) is 4. The first-order valence-corrected chi connectivity index (χ1v) is 43.0. The summed E-state index contributed by atoms with van der Waals surface area (Å²) in [6.45, 7) is 5.03. The minimum absolute atomic E-state index is 0.0174. The molecule has 0 aliphatic carbocycles. The van der Waals surface area contributed by atoms with E-state index in [0.29, 0.717) is 23.9 Å². The van der Waals surface area contributed by atoms with Gasteiger partial charge < -0.3 is 21.3 Å². The van der Waals surface area contributed by atoms with E-state index in [2.05, 4.69) is 41.7 Å². The molecule has 12 aromatic rings. The number of carbonyl (C=O) groups excluding carboxylic acids is 4. The summed E-state index contributed by atoms with van der Waals surface area (Å²) in [6, 6.07) is 30.2. The fraction of sp³-hybridized carbons (Fsp3) is 0.259. The summed E-state index contributed by atoms with van der Waals surface area (Å²) >= 11 is 46.9. The molecule has 708 valence electrons. The molecule has 4 amide bonds. The van der Waals surface area contributed by atoms with Crippen LogP contribution in [0, 0.1) is 45.3 Å². The Hall–Kier alpha value is -10.3. The molecule has 0 spiro atoms. The number of benzene rings is 8. The predicted octanol–water partition coefficient (Wildman–Crippen LogP) is 26.7. The van der Waals surface area contributed by atoms with Gasteiger partial charge in [0.2, 0.25) is 0 Å². The third-order valence-corrected chi connectivity index (χ3v) is 24.2. The summed E-state index contributed by atoms with van der Waals surface area (Å²) in [4.78, 5) is 50.2. The summed E-state index contributed by atoms with van der Waals surface area (Å²) in [5.74, 6) is -2.89. The average Bonchev–Trinajstić information content (AvgIpc) is 1.60. The molecule has 0 fully saturated rings. The first-order valence-electron chi connectivity index (χ1n) is 36.7. The third-order valence-electron chi connectivity index (χ3n) is 18.0. The standard InChI is InChI=1S/C21H15Cl2F5N4OS.C20H12Cl2F6N4OS.2C20H13Cl2F5N4OS/c1-19(9-29,30-18(33)11-3-5-12(6-4-11)34-20(2,24)25)10-32-8-13-14(21(26,27)28)7-15(22)16(23)17(13)31-32;1-18(8-29,30-17(33)10-2-4-11(5-3-10)34-20(26,27)28)9-32-7-12-13(19(23,24)25)6-14(21)15(22)16(12)31-32;2*1-19(8-28,29-18(32)10-2-4-11(5-3-10)33-20(25,26)27)9-31-7-13-12(17(23)24)6-14(21)15(22)16(13)30-31/h3-8H,10H2,1-2H3,(H,30,33);2-7H,9H2,1H3,(H,30,33);2*2-7,17H,9H2,1H3,(H,29,32)/t19-;18-;2*19-/m1010/s1. The number of rotatable bonds is 23. The van der Waals surface area contributed by atoms with E-state index >= 15 is 0 Å². The van der Waals surface area contributed by atoms with E-state index in [1.54, 1.807) is 0 Å². The van der Waals surface area contributed by atoms with Gasteiger partial charge in [-0.2, -0.15) is 116 Å². The van der Waals surface area contributed by atoms with Crippen LogP contribution in [0.1, 0.15) is 111 Å². The van der Waals surface area contributed by atoms with Crippen molar-refractivity contribution in [1.82, 2.24) is 60.4 Å². The minimum atomic E-state index is -4.75. The average molecular weight is 2130 g/mol. The Morgan fingerprint density at radius 3 is 0.731 bits per heavy atom. The van der Waals surface area contributed by atoms with E-state index in [0.717, 1.165) is 89.3 Å². The second-order valence-corrected chi connectivity index (χ2v) is 37.1. The second-order valence-electron chi connectivity index (χ2n) is 29.2. The zero-order valence-corrected chi connectivity index (χ0v) is 76.7. The monoisotopic (exact) mass is 2120 g/mol. The van der Waals surface area contributed by atoms with Crippen LogP contribution in [0.4, 0.5) is 92.2 Å². The van der Waals surface area contributed by atoms with Crippen LogP contribution < -0.4 is 21.3 Å². The molecular weight excluding hydrogens is 2070 g/mol. The summed E-state index contributed by atoms with van der Waals surface area (Å²) in [5, 5.41) is 59.8. The van der Waals surface area contributed by atoms with Crippen molar-refractivity contribution in [2.24, 2.45) is 0 Å². The SMILES string of the molecule is CC(F)(F)Sc1ccc(C(=O)N[C@](C)(C#N)Cn2cc3c(C(F)(F)F)cc(Cl)c(Cl)c3n2)cc1.C[C@@](C#N)(Cn1cc2c(C(F)F)cc(Cl)c(Cl)c2n1)NC(=O)c1ccc(SC(F)(F)F)cc1.C[C@](C#N)(Cn1cc2c(C(F)(F)F)cc(Cl)c(Cl)c2n1)NC(=O)c1ccc(SC(F)(F)F)cc1.C[C@](C#N)(Cn1cc2c(C(F)F)cc(Cl)c(Cl)c2n1)NC(=O)c1ccc(SC(F)(F)F)cc1. The van der Waals surface area contributed by atoms with Gasteiger partial charge in [0.1, 0.15) is 44.2 Å². The Bertz CT molecular complexity index is 6230. The van der Waals surface area contributed by atoms with Crippen LogP contribution in [0.25, 0.3) is 43.6 Å². The normalized spacial score (nSPS) is 13.9. The first-order chi connectivity index (χ1) is 61.9. The van der Waals surface area contributed by atoms with Crippen LogP contribution in [0.2, 0.25) is 40.2 Å². The largest absolute Gasteiger partial charge is 0.446 e. The Balaban J connectivity index is 0.000000201. The number of hydrogen-bond acceptors (Lipinski definition) is 16. The van der Waals surface area contributed by atoms with Gasteiger partial charge in [-0.1, -0.05) is 105 Å². The highest BCUT2D eigenvalue weighted by Gasteiger charge is 2.41. The van der Waals surface area contributed by atoms with Crippen molar-refractivity contribution >= 4 is 207 Å². The van der Waals surface area contributed by atoms with Crippen molar-refractivity contribution in [3.8, 4) is 24.3 Å². The Kier molecular flexibility index (Phi) is 33.8. The van der Waals surface area contributed by atoms with Crippen molar-refractivity contribution in [2.75, 3.05) is 0 Å². The lowest BCUT2D eigenvalue weighted by molar-refractivity contribution is -0.137. The number of halogens is 29. The predicted molar refractivity (Wildman–Crippen MR) is 463 cm³/mol. The van der Waals surface area contributed by atoms with E-state index in [9.17, 15) is 132 Å². The van der Waals surface area contributed by atoms with E-state index in [4.69, 9.17) is 92.8 Å². The molecule has 0 unspecified atom stereocenters. The number of amides is 4. The number of nitriles is 4. The summed E-state index contributed by atoms with van der Waals surface area (Å²) in [6.07, 6.45) is -10.5. The van der Waals surface area contributed by atoms with Gasteiger partial charge in [-0.05, 0) is 184 Å².